The fourth-order valence-corrected chi connectivity index (χ4v) is 2.88. The molecule has 1 saturated heterocycles. The summed E-state index contributed by atoms with van der Waals surface area (Å²) in [5.41, 5.74) is 0. The summed E-state index contributed by atoms with van der Waals surface area (Å²) in [6.45, 7) is 0.940. The van der Waals surface area contributed by atoms with Crippen molar-refractivity contribution in [2.24, 2.45) is 11.8 Å². The molecule has 0 aromatic carbocycles. The molecule has 1 aliphatic carbocycles. The summed E-state index contributed by atoms with van der Waals surface area (Å²) >= 11 is 0. The molecule has 2 aliphatic rings. The molecule has 2 N–H and O–H groups in total. The van der Waals surface area contributed by atoms with Crippen molar-refractivity contribution in [3.8, 4) is 0 Å². The van der Waals surface area contributed by atoms with E-state index in [4.69, 9.17) is 5.11 Å². The summed E-state index contributed by atoms with van der Waals surface area (Å²) in [6, 6.07) is -1.04. The van der Waals surface area contributed by atoms with Crippen LogP contribution in [-0.2, 0) is 19.2 Å². The highest BCUT2D eigenvalue weighted by molar-refractivity contribution is 6.07. The van der Waals surface area contributed by atoms with E-state index in [1.54, 1.807) is 0 Å². The number of nitrogens with one attached hydrogen (secondary N) is 1. The number of carboxylic acids is 1. The van der Waals surface area contributed by atoms with Crippen LogP contribution >= 0.6 is 0 Å². The van der Waals surface area contributed by atoms with Crippen molar-refractivity contribution < 1.29 is 24.3 Å². The first-order chi connectivity index (χ1) is 9.41. The van der Waals surface area contributed by atoms with Crippen LogP contribution < -0.4 is 5.32 Å². The Labute approximate surface area is 116 Å². The first-order valence-corrected chi connectivity index (χ1v) is 6.79. The van der Waals surface area contributed by atoms with Crippen molar-refractivity contribution in [2.45, 2.75) is 38.6 Å². The van der Waals surface area contributed by atoms with Gasteiger partial charge >= 0.3 is 5.97 Å². The van der Waals surface area contributed by atoms with Crippen LogP contribution in [0.2, 0.25) is 0 Å². The third-order valence-electron chi connectivity index (χ3n) is 3.98. The fourth-order valence-electron chi connectivity index (χ4n) is 2.88. The van der Waals surface area contributed by atoms with E-state index in [-0.39, 0.29) is 30.2 Å². The second-order valence-electron chi connectivity index (χ2n) is 5.39. The first-order valence-electron chi connectivity index (χ1n) is 6.79. The Morgan fingerprint density at radius 2 is 1.75 bits per heavy atom. The molecule has 1 heterocycles. The molecule has 2 rings (SSSR count). The topological polar surface area (TPSA) is 104 Å². The fraction of sp³-hybridized carbons (Fsp3) is 0.692. The summed E-state index contributed by atoms with van der Waals surface area (Å²) in [5.74, 6) is -2.95. The summed E-state index contributed by atoms with van der Waals surface area (Å²) in [5, 5.41) is 10.9. The third-order valence-corrected chi connectivity index (χ3v) is 3.98. The lowest BCUT2D eigenvalue weighted by atomic mass is 9.81. The molecule has 0 aromatic heterocycles. The number of imide groups is 1. The average molecular weight is 282 g/mol. The highest BCUT2D eigenvalue weighted by atomic mass is 16.4. The van der Waals surface area contributed by atoms with Gasteiger partial charge in [-0.1, -0.05) is 12.8 Å². The van der Waals surface area contributed by atoms with Crippen molar-refractivity contribution in [1.29, 1.82) is 0 Å². The van der Waals surface area contributed by atoms with Gasteiger partial charge in [0.05, 0.1) is 11.8 Å². The summed E-state index contributed by atoms with van der Waals surface area (Å²) in [4.78, 5) is 47.5. The maximum atomic E-state index is 12.1. The molecule has 2 unspecified atom stereocenters. The van der Waals surface area contributed by atoms with Crippen molar-refractivity contribution in [3.05, 3.63) is 0 Å². The second kappa shape index (κ2) is 5.60. The van der Waals surface area contributed by atoms with Gasteiger partial charge in [-0.05, 0) is 19.8 Å². The highest BCUT2D eigenvalue weighted by Crippen LogP contribution is 2.37. The zero-order chi connectivity index (χ0) is 14.9. The summed E-state index contributed by atoms with van der Waals surface area (Å²) in [7, 11) is 0. The number of aliphatic carboxylic acids is 1. The van der Waals surface area contributed by atoms with E-state index in [9.17, 15) is 19.2 Å². The lowest BCUT2D eigenvalue weighted by molar-refractivity contribution is -0.144. The molecule has 0 spiro atoms. The van der Waals surface area contributed by atoms with E-state index in [0.717, 1.165) is 17.7 Å². The minimum Gasteiger partial charge on any atom is -0.480 e. The van der Waals surface area contributed by atoms with Gasteiger partial charge in [-0.3, -0.25) is 24.1 Å². The van der Waals surface area contributed by atoms with Gasteiger partial charge in [-0.2, -0.15) is 0 Å². The maximum absolute atomic E-state index is 12.1. The Bertz CT molecular complexity index is 438. The number of rotatable bonds is 4. The quantitative estimate of drug-likeness (QED) is 0.692. The maximum Gasteiger partial charge on any atom is 0.325 e. The number of fused-ring (bicyclic) bond motifs is 1. The number of hydrogen-bond acceptors (Lipinski definition) is 4. The highest BCUT2D eigenvalue weighted by Gasteiger charge is 2.48. The number of hydrogen-bond donors (Lipinski definition) is 2. The molecule has 7 heteroatoms. The van der Waals surface area contributed by atoms with Gasteiger partial charge in [0.2, 0.25) is 17.7 Å². The van der Waals surface area contributed by atoms with Crippen molar-refractivity contribution in [2.75, 3.05) is 6.54 Å². The lowest BCUT2D eigenvalue weighted by Gasteiger charge is -2.19. The zero-order valence-electron chi connectivity index (χ0n) is 11.3. The van der Waals surface area contributed by atoms with Crippen LogP contribution in [0.3, 0.4) is 0 Å². The minimum atomic E-state index is -1.16. The molecule has 20 heavy (non-hydrogen) atoms. The lowest BCUT2D eigenvalue weighted by Crippen LogP contribution is -2.46. The molecule has 7 nitrogen and oxygen atoms in total. The predicted molar refractivity (Wildman–Crippen MR) is 67.4 cm³/mol. The van der Waals surface area contributed by atoms with Crippen LogP contribution in [-0.4, -0.2) is 46.3 Å². The molecule has 0 bridgehead atoms. The van der Waals surface area contributed by atoms with Crippen LogP contribution in [0.1, 0.15) is 32.6 Å². The Balaban J connectivity index is 1.99. The standard InChI is InChI=1S/C13H18N2O5/c1-7(13(19)20)14-10(16)6-15-11(17)8-4-2-3-5-9(8)12(15)18/h7-9H,2-6H2,1H3,(H,14,16)(H,19,20)/t7-,8?,9?/m0/s1. The third kappa shape index (κ3) is 2.66. The first kappa shape index (κ1) is 14.5. The zero-order valence-corrected chi connectivity index (χ0v) is 11.3. The van der Waals surface area contributed by atoms with Crippen LogP contribution in [0.25, 0.3) is 0 Å². The van der Waals surface area contributed by atoms with Gasteiger partial charge in [-0.25, -0.2) is 0 Å². The number of amides is 3. The van der Waals surface area contributed by atoms with Crippen LogP contribution in [0.15, 0.2) is 0 Å². The van der Waals surface area contributed by atoms with E-state index in [1.165, 1.54) is 6.92 Å². The van der Waals surface area contributed by atoms with Crippen LogP contribution in [0.5, 0.6) is 0 Å². The SMILES string of the molecule is C[C@H](NC(=O)CN1C(=O)C2CCCCC2C1=O)C(=O)O. The van der Waals surface area contributed by atoms with Gasteiger partial charge in [0, 0.05) is 0 Å². The van der Waals surface area contributed by atoms with Crippen molar-refractivity contribution in [3.63, 3.8) is 0 Å². The monoisotopic (exact) mass is 282 g/mol. The number of carbonyl (C=O) groups excluding carboxylic acids is 3. The average Bonchev–Trinajstić information content (AvgIpc) is 2.64. The van der Waals surface area contributed by atoms with E-state index in [2.05, 4.69) is 5.32 Å². The Morgan fingerprint density at radius 1 is 1.25 bits per heavy atom. The van der Waals surface area contributed by atoms with E-state index in [1.807, 2.05) is 0 Å². The van der Waals surface area contributed by atoms with Gasteiger partial charge in [0.15, 0.2) is 0 Å². The number of carbonyl (C=O) groups is 4. The van der Waals surface area contributed by atoms with Gasteiger partial charge < -0.3 is 10.4 Å². The second-order valence-corrected chi connectivity index (χ2v) is 5.39. The smallest absolute Gasteiger partial charge is 0.325 e. The molecule has 1 aliphatic heterocycles. The molecule has 0 aromatic rings. The summed E-state index contributed by atoms with van der Waals surface area (Å²) in [6.07, 6.45) is 3.24. The Morgan fingerprint density at radius 3 is 2.20 bits per heavy atom. The Kier molecular flexibility index (Phi) is 4.06. The van der Waals surface area contributed by atoms with Crippen LogP contribution in [0.4, 0.5) is 0 Å². The van der Waals surface area contributed by atoms with Gasteiger partial charge in [-0.15, -0.1) is 0 Å². The minimum absolute atomic E-state index is 0.291. The molecule has 2 fully saturated rings. The number of carboxylic acid groups (broad SMARTS) is 1. The normalized spacial score (nSPS) is 27.1. The predicted octanol–water partition coefficient (Wildman–Crippen LogP) is -0.249. The molecule has 0 radical (unpaired) electrons. The van der Waals surface area contributed by atoms with Crippen LogP contribution in [0, 0.1) is 11.8 Å². The van der Waals surface area contributed by atoms with Gasteiger partial charge in [0.1, 0.15) is 12.6 Å². The molecule has 1 saturated carbocycles. The van der Waals surface area contributed by atoms with E-state index < -0.39 is 17.9 Å². The van der Waals surface area contributed by atoms with E-state index >= 15 is 0 Å². The Hall–Kier alpha value is -1.92. The number of likely N-dealkylation sites (tertiary alicyclic amines) is 1. The van der Waals surface area contributed by atoms with Gasteiger partial charge in [0.25, 0.3) is 0 Å². The molecular formula is C13H18N2O5. The van der Waals surface area contributed by atoms with Crippen molar-refractivity contribution in [1.82, 2.24) is 10.2 Å². The van der Waals surface area contributed by atoms with Crippen molar-refractivity contribution >= 4 is 23.7 Å². The molecule has 3 amide bonds. The van der Waals surface area contributed by atoms with E-state index in [0.29, 0.717) is 12.8 Å². The number of nitrogens with zero attached hydrogens (tertiary/aromatic N) is 1. The summed E-state index contributed by atoms with van der Waals surface area (Å²) < 4.78 is 0. The molecule has 3 atom stereocenters. The largest absolute Gasteiger partial charge is 0.480 e. The molecule has 110 valence electrons. The molecular weight excluding hydrogens is 264 g/mol.